The Labute approximate surface area is 122 Å². The van der Waals surface area contributed by atoms with Gasteiger partial charge in [-0.15, -0.1) is 0 Å². The molecule has 0 aliphatic carbocycles. The van der Waals surface area contributed by atoms with Crippen LogP contribution in [-0.4, -0.2) is 21.7 Å². The second kappa shape index (κ2) is 7.36. The molecule has 0 spiro atoms. The van der Waals surface area contributed by atoms with Crippen molar-refractivity contribution in [3.63, 3.8) is 0 Å². The van der Waals surface area contributed by atoms with Gasteiger partial charge in [0.1, 0.15) is 11.6 Å². The molecule has 0 radical (unpaired) electrons. The van der Waals surface area contributed by atoms with E-state index in [0.717, 1.165) is 31.5 Å². The van der Waals surface area contributed by atoms with Crippen LogP contribution < -0.4 is 5.73 Å². The molecule has 0 amide bonds. The largest absolute Gasteiger partial charge is 0.330 e. The minimum Gasteiger partial charge on any atom is -0.330 e. The van der Waals surface area contributed by atoms with Crippen LogP contribution in [0.15, 0.2) is 18.2 Å². The Kier molecular flexibility index (Phi) is 5.49. The zero-order valence-electron chi connectivity index (χ0n) is 11.2. The molecule has 2 rings (SSSR count). The Bertz CT molecular complexity index is 536. The zero-order valence-corrected chi connectivity index (χ0v) is 12.0. The molecular formula is C14H18ClFN4. The Hall–Kier alpha value is -1.46. The quantitative estimate of drug-likeness (QED) is 0.772. The molecule has 0 fully saturated rings. The molecule has 0 aliphatic heterocycles. The molecular weight excluding hydrogens is 279 g/mol. The molecule has 1 aromatic heterocycles. The van der Waals surface area contributed by atoms with Crippen LogP contribution in [0, 0.1) is 5.82 Å². The van der Waals surface area contributed by atoms with Crippen molar-refractivity contribution in [1.29, 1.82) is 0 Å². The summed E-state index contributed by atoms with van der Waals surface area (Å²) in [6.07, 6.45) is 4.22. The first-order valence-electron chi connectivity index (χ1n) is 6.74. The number of nitrogens with two attached hydrogens (primary N) is 1. The van der Waals surface area contributed by atoms with Gasteiger partial charge in [0.05, 0.1) is 0 Å². The fraction of sp³-hybridized carbons (Fsp3) is 0.429. The van der Waals surface area contributed by atoms with E-state index in [9.17, 15) is 4.39 Å². The average molecular weight is 297 g/mol. The minimum atomic E-state index is -0.321. The van der Waals surface area contributed by atoms with Crippen LogP contribution in [0.1, 0.15) is 36.5 Å². The lowest BCUT2D eigenvalue weighted by Gasteiger charge is -2.02. The number of halogens is 2. The van der Waals surface area contributed by atoms with Gasteiger partial charge in [-0.05, 0) is 31.5 Å². The van der Waals surface area contributed by atoms with E-state index in [1.165, 1.54) is 6.07 Å². The number of rotatable bonds is 7. The number of benzene rings is 1. The highest BCUT2D eigenvalue weighted by Gasteiger charge is 2.10. The van der Waals surface area contributed by atoms with Gasteiger partial charge in [-0.2, -0.15) is 5.10 Å². The lowest BCUT2D eigenvalue weighted by atomic mass is 10.1. The number of nitrogens with one attached hydrogen (secondary N) is 1. The number of hydrogen-bond acceptors (Lipinski definition) is 3. The van der Waals surface area contributed by atoms with Crippen LogP contribution in [0.2, 0.25) is 5.02 Å². The number of aryl methyl sites for hydroxylation is 1. The van der Waals surface area contributed by atoms with Crippen molar-refractivity contribution in [2.45, 2.75) is 32.1 Å². The van der Waals surface area contributed by atoms with Gasteiger partial charge in [0.15, 0.2) is 5.82 Å². The third-order valence-electron chi connectivity index (χ3n) is 3.09. The molecule has 3 N–H and O–H groups in total. The topological polar surface area (TPSA) is 67.6 Å². The maximum atomic E-state index is 13.7. The first-order chi connectivity index (χ1) is 9.70. The number of aromatic amines is 1. The number of nitrogens with zero attached hydrogens (tertiary/aromatic N) is 2. The highest BCUT2D eigenvalue weighted by Crippen LogP contribution is 2.21. The minimum absolute atomic E-state index is 0.321. The summed E-state index contributed by atoms with van der Waals surface area (Å²) in [4.78, 5) is 4.36. The third-order valence-corrected chi connectivity index (χ3v) is 3.44. The number of aromatic nitrogens is 3. The molecule has 1 heterocycles. The zero-order chi connectivity index (χ0) is 14.4. The molecule has 0 unspecified atom stereocenters. The van der Waals surface area contributed by atoms with Crippen molar-refractivity contribution in [3.05, 3.63) is 46.3 Å². The number of H-pyrrole nitrogens is 1. The van der Waals surface area contributed by atoms with E-state index in [0.29, 0.717) is 29.4 Å². The van der Waals surface area contributed by atoms with Crippen LogP contribution in [0.3, 0.4) is 0 Å². The van der Waals surface area contributed by atoms with Gasteiger partial charge in [-0.25, -0.2) is 9.37 Å². The lowest BCUT2D eigenvalue weighted by molar-refractivity contribution is 0.612. The molecule has 0 aliphatic rings. The van der Waals surface area contributed by atoms with Crippen LogP contribution in [0.25, 0.3) is 0 Å². The van der Waals surface area contributed by atoms with Gasteiger partial charge in [-0.3, -0.25) is 5.10 Å². The maximum absolute atomic E-state index is 13.7. The summed E-state index contributed by atoms with van der Waals surface area (Å²) in [5, 5.41) is 7.38. The molecule has 108 valence electrons. The molecule has 0 atom stereocenters. The summed E-state index contributed by atoms with van der Waals surface area (Å²) >= 11 is 5.99. The van der Waals surface area contributed by atoms with Gasteiger partial charge in [-0.1, -0.05) is 24.1 Å². The predicted octanol–water partition coefficient (Wildman–Crippen LogP) is 2.86. The van der Waals surface area contributed by atoms with Gasteiger partial charge in [0.2, 0.25) is 0 Å². The summed E-state index contributed by atoms with van der Waals surface area (Å²) in [6, 6.07) is 4.65. The summed E-state index contributed by atoms with van der Waals surface area (Å²) in [5.74, 6) is 1.06. The molecule has 6 heteroatoms. The standard InChI is InChI=1S/C14H18ClFN4/c15-11-5-4-6-12(16)10(11)9-14-18-13(19-20-14)7-2-1-3-8-17/h4-6H,1-3,7-9,17H2,(H,18,19,20). The number of unbranched alkanes of at least 4 members (excludes halogenated alkanes) is 2. The van der Waals surface area contributed by atoms with E-state index in [2.05, 4.69) is 15.2 Å². The van der Waals surface area contributed by atoms with Crippen molar-refractivity contribution >= 4 is 11.6 Å². The van der Waals surface area contributed by atoms with Crippen LogP contribution in [-0.2, 0) is 12.8 Å². The fourth-order valence-electron chi connectivity index (χ4n) is 2.00. The van der Waals surface area contributed by atoms with Crippen molar-refractivity contribution in [2.75, 3.05) is 6.54 Å². The van der Waals surface area contributed by atoms with E-state index in [4.69, 9.17) is 17.3 Å². The Balaban J connectivity index is 1.96. The normalized spacial score (nSPS) is 10.9. The average Bonchev–Trinajstić information content (AvgIpc) is 2.87. The summed E-state index contributed by atoms with van der Waals surface area (Å²) in [6.45, 7) is 0.713. The van der Waals surface area contributed by atoms with Crippen LogP contribution >= 0.6 is 11.6 Å². The van der Waals surface area contributed by atoms with E-state index in [1.807, 2.05) is 0 Å². The molecule has 1 aromatic carbocycles. The number of hydrogen-bond donors (Lipinski definition) is 2. The Morgan fingerprint density at radius 1 is 1.25 bits per heavy atom. The fourth-order valence-corrected chi connectivity index (χ4v) is 2.23. The maximum Gasteiger partial charge on any atom is 0.150 e. The van der Waals surface area contributed by atoms with Gasteiger partial charge >= 0.3 is 0 Å². The van der Waals surface area contributed by atoms with Gasteiger partial charge in [0, 0.05) is 23.4 Å². The predicted molar refractivity (Wildman–Crippen MR) is 77.2 cm³/mol. The van der Waals surface area contributed by atoms with Gasteiger partial charge in [0.25, 0.3) is 0 Å². The second-order valence-electron chi connectivity index (χ2n) is 4.67. The highest BCUT2D eigenvalue weighted by atomic mass is 35.5. The summed E-state index contributed by atoms with van der Waals surface area (Å²) in [5.41, 5.74) is 5.89. The van der Waals surface area contributed by atoms with Crippen molar-refractivity contribution in [1.82, 2.24) is 15.2 Å². The second-order valence-corrected chi connectivity index (χ2v) is 5.08. The van der Waals surface area contributed by atoms with E-state index >= 15 is 0 Å². The molecule has 0 saturated heterocycles. The third kappa shape index (κ3) is 4.02. The van der Waals surface area contributed by atoms with Crippen molar-refractivity contribution < 1.29 is 4.39 Å². The Morgan fingerprint density at radius 2 is 2.10 bits per heavy atom. The molecule has 4 nitrogen and oxygen atoms in total. The van der Waals surface area contributed by atoms with E-state index in [-0.39, 0.29) is 5.82 Å². The Morgan fingerprint density at radius 3 is 2.85 bits per heavy atom. The SMILES string of the molecule is NCCCCCc1n[nH]c(Cc2c(F)cccc2Cl)n1. The van der Waals surface area contributed by atoms with E-state index < -0.39 is 0 Å². The molecule has 2 aromatic rings. The molecule has 20 heavy (non-hydrogen) atoms. The highest BCUT2D eigenvalue weighted by molar-refractivity contribution is 6.31. The smallest absolute Gasteiger partial charge is 0.150 e. The van der Waals surface area contributed by atoms with Crippen molar-refractivity contribution in [2.24, 2.45) is 5.73 Å². The van der Waals surface area contributed by atoms with Crippen LogP contribution in [0.4, 0.5) is 4.39 Å². The van der Waals surface area contributed by atoms with Crippen LogP contribution in [0.5, 0.6) is 0 Å². The van der Waals surface area contributed by atoms with Crippen molar-refractivity contribution in [3.8, 4) is 0 Å². The first-order valence-corrected chi connectivity index (χ1v) is 7.11. The molecule has 0 bridgehead atoms. The lowest BCUT2D eigenvalue weighted by Crippen LogP contribution is -1.99. The summed E-state index contributed by atoms with van der Waals surface area (Å²) < 4.78 is 13.7. The van der Waals surface area contributed by atoms with Gasteiger partial charge < -0.3 is 5.73 Å². The summed E-state index contributed by atoms with van der Waals surface area (Å²) in [7, 11) is 0. The van der Waals surface area contributed by atoms with E-state index in [1.54, 1.807) is 12.1 Å². The molecule has 0 saturated carbocycles. The first kappa shape index (κ1) is 14.9. The monoisotopic (exact) mass is 296 g/mol.